The molecular weight excluding hydrogens is 1130 g/mol. The maximum atomic E-state index is 12.0. The first-order valence-corrected chi connectivity index (χ1v) is 30.8. The lowest BCUT2D eigenvalue weighted by Crippen LogP contribution is -2.69. The fraction of sp³-hybridized carbons (Fsp3) is 0.966. The molecule has 4 saturated carbocycles. The number of hydrogen-bond donors (Lipinski definition) is 15. The first kappa shape index (κ1) is 65.2. The summed E-state index contributed by atoms with van der Waals surface area (Å²) >= 11 is 0. The fourth-order valence-electron chi connectivity index (χ4n) is 17.4. The first-order valence-electron chi connectivity index (χ1n) is 30.8. The van der Waals surface area contributed by atoms with Crippen molar-refractivity contribution >= 4 is 0 Å². The summed E-state index contributed by atoms with van der Waals surface area (Å²) in [4.78, 5) is 0. The highest BCUT2D eigenvalue weighted by atomic mass is 16.8. The van der Waals surface area contributed by atoms with E-state index < -0.39 is 192 Å². The van der Waals surface area contributed by atoms with Crippen LogP contribution in [0.2, 0.25) is 0 Å². The molecule has 0 aromatic heterocycles. The van der Waals surface area contributed by atoms with E-state index in [1.54, 1.807) is 0 Å². The number of fused-ring (bicyclic) bond motifs is 7. The molecule has 0 aromatic rings. The second-order valence-corrected chi connectivity index (χ2v) is 27.2. The molecule has 1 spiro atoms. The SMILES string of the molecule is C=C1C[C@H]2[C@@H](CC[C@H]3C[C@@H](O[C@@H]4O[C@H](CO)[C@H](O[C@@H]5O[C@H](CO)[C@@H](O)[C@H](O[C@@H]6O[C@H](CO)[C@@H](O[C@@H]7O[C@@H](C)[C@H](O)[C@@H](O)[C@H]7O)[C@H](O)[C@H]6O)[C@H]5O[C@@H]5O[C@H](CO)[C@@H](O)[C@H](O)[C@H]5O)[C@H](O)[C@H]4O)CC[C@@]32C)[C@@H]2C[C@@H]3OC4(CC[C@@H](C)CO4)[C@@H](C)[C@@H]3[C@@]12C. The van der Waals surface area contributed by atoms with Crippen LogP contribution in [0.15, 0.2) is 12.2 Å². The number of allylic oxidation sites excluding steroid dienone is 1. The monoisotopic (exact) mass is 1220 g/mol. The molecule has 0 aromatic carbocycles. The van der Waals surface area contributed by atoms with Gasteiger partial charge in [0.2, 0.25) is 0 Å². The molecule has 11 rings (SSSR count). The molecule has 7 heterocycles. The number of ether oxygens (including phenoxy) is 12. The molecule has 11 aliphatic rings. The average Bonchev–Trinajstić information content (AvgIpc) is 1.58. The van der Waals surface area contributed by atoms with Gasteiger partial charge < -0.3 is 133 Å². The number of aliphatic hydroxyl groups is 15. The molecule has 85 heavy (non-hydrogen) atoms. The van der Waals surface area contributed by atoms with Gasteiger partial charge in [-0.15, -0.1) is 0 Å². The molecule has 4 aliphatic carbocycles. The Hall–Kier alpha value is -1.34. The number of hydrogen-bond acceptors (Lipinski definition) is 27. The second-order valence-electron chi connectivity index (χ2n) is 27.2. The van der Waals surface area contributed by atoms with Gasteiger partial charge in [-0.2, -0.15) is 0 Å². The third-order valence-electron chi connectivity index (χ3n) is 22.6. The van der Waals surface area contributed by atoms with Crippen LogP contribution in [-0.2, 0) is 56.8 Å². The van der Waals surface area contributed by atoms with Gasteiger partial charge in [-0.05, 0) is 98.7 Å². The summed E-state index contributed by atoms with van der Waals surface area (Å²) in [7, 11) is 0. The minimum absolute atomic E-state index is 0.0297. The van der Waals surface area contributed by atoms with Crippen LogP contribution in [0.1, 0.15) is 92.4 Å². The maximum absolute atomic E-state index is 12.0. The lowest BCUT2D eigenvalue weighted by Gasteiger charge is -2.62. The lowest BCUT2D eigenvalue weighted by molar-refractivity contribution is -0.410. The highest BCUT2D eigenvalue weighted by Crippen LogP contribution is 2.72. The first-order chi connectivity index (χ1) is 40.3. The topological polar surface area (TPSA) is 414 Å². The van der Waals surface area contributed by atoms with E-state index in [2.05, 4.69) is 27.7 Å². The van der Waals surface area contributed by atoms with E-state index in [-0.39, 0.29) is 28.8 Å². The van der Waals surface area contributed by atoms with Crippen molar-refractivity contribution in [3.8, 4) is 0 Å². The Bertz CT molecular complexity index is 2260. The molecule has 11 fully saturated rings. The number of rotatable bonds is 14. The van der Waals surface area contributed by atoms with Crippen LogP contribution in [0.4, 0.5) is 0 Å². The van der Waals surface area contributed by atoms with E-state index in [1.807, 2.05) is 0 Å². The Morgan fingerprint density at radius 3 is 1.61 bits per heavy atom. The van der Waals surface area contributed by atoms with Crippen LogP contribution in [0, 0.1) is 52.3 Å². The summed E-state index contributed by atoms with van der Waals surface area (Å²) in [5, 5.41) is 165. The van der Waals surface area contributed by atoms with Gasteiger partial charge in [0.05, 0.1) is 51.3 Å². The van der Waals surface area contributed by atoms with Gasteiger partial charge in [-0.1, -0.05) is 39.8 Å². The molecule has 7 aliphatic heterocycles. The predicted octanol–water partition coefficient (Wildman–Crippen LogP) is -3.89. The molecule has 0 bridgehead atoms. The zero-order valence-corrected chi connectivity index (χ0v) is 48.8. The fourth-order valence-corrected chi connectivity index (χ4v) is 17.4. The van der Waals surface area contributed by atoms with Crippen LogP contribution >= 0.6 is 0 Å². The minimum Gasteiger partial charge on any atom is -0.394 e. The summed E-state index contributed by atoms with van der Waals surface area (Å²) in [6.07, 6.45) is -37.5. The van der Waals surface area contributed by atoms with Crippen molar-refractivity contribution in [1.29, 1.82) is 0 Å². The van der Waals surface area contributed by atoms with Gasteiger partial charge in [-0.3, -0.25) is 0 Å². The van der Waals surface area contributed by atoms with Crippen LogP contribution < -0.4 is 0 Å². The Labute approximate surface area is 493 Å². The Balaban J connectivity index is 0.779. The Morgan fingerprint density at radius 2 is 1.01 bits per heavy atom. The smallest absolute Gasteiger partial charge is 0.187 e. The van der Waals surface area contributed by atoms with Crippen molar-refractivity contribution in [1.82, 2.24) is 0 Å². The standard InChI is InChI=1S/C58H94O27/c1-21-9-12-58(74-20-21)23(3)35-30(85-58)15-29-27-8-7-25-14-26(10-11-56(25,5)28(27)13-22(2)57(29,35)6)76-52-45(72)41(68)48(34(19-62)79-52)82-55-50(84-53-44(71)40(67)37(64)31(16-59)77-53)49(38(65)32(17-60)78-55)83-54-46(73)42(69)47(33(18-61)80-54)81-51-43(70)39(66)36(63)24(4)75-51/h21,23-55,59-73H,2,7-20H2,1,3-6H3/t21-,23+,24+,25+,26+,27-,28+,29+,30+,31-,32-,33-,34-,35+,36+,37-,38-,39-,40+,41-,42-,43-,44-,45-,46-,47-,48+,49+,50-,51+,52-,53+,54+,55+,56+,57+,58?/m1/s1. The summed E-state index contributed by atoms with van der Waals surface area (Å²) < 4.78 is 73.6. The van der Waals surface area contributed by atoms with E-state index in [0.29, 0.717) is 49.0 Å². The van der Waals surface area contributed by atoms with Gasteiger partial charge >= 0.3 is 0 Å². The van der Waals surface area contributed by atoms with Crippen molar-refractivity contribution in [2.45, 2.75) is 264 Å². The molecule has 27 heteroatoms. The van der Waals surface area contributed by atoms with E-state index in [4.69, 9.17) is 63.4 Å². The van der Waals surface area contributed by atoms with Gasteiger partial charge in [0, 0.05) is 18.3 Å². The summed E-state index contributed by atoms with van der Waals surface area (Å²) in [6, 6.07) is 0. The molecular formula is C58H94O27. The Morgan fingerprint density at radius 1 is 0.494 bits per heavy atom. The quantitative estimate of drug-likeness (QED) is 0.0584. The molecule has 0 amide bonds. The minimum atomic E-state index is -2.16. The van der Waals surface area contributed by atoms with Gasteiger partial charge in [0.15, 0.2) is 37.2 Å². The van der Waals surface area contributed by atoms with Gasteiger partial charge in [-0.25, -0.2) is 0 Å². The highest BCUT2D eigenvalue weighted by molar-refractivity contribution is 5.28. The van der Waals surface area contributed by atoms with Crippen LogP contribution in [0.5, 0.6) is 0 Å². The van der Waals surface area contributed by atoms with Crippen LogP contribution in [0.3, 0.4) is 0 Å². The van der Waals surface area contributed by atoms with Crippen molar-refractivity contribution in [3.05, 3.63) is 12.2 Å². The normalized spacial score (nSPS) is 57.2. The Kier molecular flexibility index (Phi) is 19.4. The lowest BCUT2D eigenvalue weighted by atomic mass is 9.43. The molecule has 7 saturated heterocycles. The van der Waals surface area contributed by atoms with Crippen molar-refractivity contribution in [2.75, 3.05) is 33.0 Å². The summed E-state index contributed by atoms with van der Waals surface area (Å²) in [6.45, 7) is 12.7. The zero-order valence-electron chi connectivity index (χ0n) is 48.8. The molecule has 27 nitrogen and oxygen atoms in total. The van der Waals surface area contributed by atoms with E-state index in [9.17, 15) is 76.6 Å². The van der Waals surface area contributed by atoms with Gasteiger partial charge in [0.25, 0.3) is 0 Å². The van der Waals surface area contributed by atoms with E-state index >= 15 is 0 Å². The van der Waals surface area contributed by atoms with Gasteiger partial charge in [0.1, 0.15) is 116 Å². The van der Waals surface area contributed by atoms with Crippen molar-refractivity contribution in [2.24, 2.45) is 52.3 Å². The third kappa shape index (κ3) is 11.2. The number of aliphatic hydroxyl groups excluding tert-OH is 15. The van der Waals surface area contributed by atoms with Crippen molar-refractivity contribution in [3.63, 3.8) is 0 Å². The summed E-state index contributed by atoms with van der Waals surface area (Å²) in [5.41, 5.74) is 1.21. The highest BCUT2D eigenvalue weighted by Gasteiger charge is 2.71. The molecule has 1 unspecified atom stereocenters. The van der Waals surface area contributed by atoms with Crippen LogP contribution in [-0.4, -0.2) is 281 Å². The molecule has 0 radical (unpaired) electrons. The molecule has 37 atom stereocenters. The largest absolute Gasteiger partial charge is 0.394 e. The molecule has 15 N–H and O–H groups in total. The molecule has 488 valence electrons. The van der Waals surface area contributed by atoms with E-state index in [1.165, 1.54) is 12.5 Å². The average molecular weight is 1220 g/mol. The maximum Gasteiger partial charge on any atom is 0.187 e. The summed E-state index contributed by atoms with van der Waals surface area (Å²) in [5.74, 6) is 2.18. The third-order valence-corrected chi connectivity index (χ3v) is 22.6. The second kappa shape index (κ2) is 25.3. The van der Waals surface area contributed by atoms with Crippen molar-refractivity contribution < 1.29 is 133 Å². The predicted molar refractivity (Wildman–Crippen MR) is 284 cm³/mol. The van der Waals surface area contributed by atoms with E-state index in [0.717, 1.165) is 44.9 Å². The zero-order chi connectivity index (χ0) is 61.1. The van der Waals surface area contributed by atoms with Crippen LogP contribution in [0.25, 0.3) is 0 Å².